The third-order valence-corrected chi connectivity index (χ3v) is 6.40. The van der Waals surface area contributed by atoms with E-state index in [1.807, 2.05) is 21.9 Å². The Hall–Kier alpha value is -5.65. The topological polar surface area (TPSA) is 142 Å². The molecule has 1 N–H and O–H groups in total. The lowest BCUT2D eigenvalue weighted by atomic mass is 10.1. The Morgan fingerprint density at radius 3 is 2.31 bits per heavy atom. The minimum absolute atomic E-state index is 0.0305. The quantitative estimate of drug-likeness (QED) is 0.309. The summed E-state index contributed by atoms with van der Waals surface area (Å²) in [5.41, 5.74) is -0.897. The Bertz CT molecular complexity index is 1770. The number of ether oxygens (including phenoxy) is 1. The molecule has 0 bridgehead atoms. The minimum atomic E-state index is -4.72. The summed E-state index contributed by atoms with van der Waals surface area (Å²) in [7, 11) is 0. The van der Waals surface area contributed by atoms with Gasteiger partial charge in [-0.25, -0.2) is 19.9 Å². The highest BCUT2D eigenvalue weighted by atomic mass is 19.4. The molecule has 12 nitrogen and oxygen atoms in total. The van der Waals surface area contributed by atoms with Crippen LogP contribution in [0.3, 0.4) is 0 Å². The van der Waals surface area contributed by atoms with Crippen LogP contribution in [0.15, 0.2) is 67.3 Å². The van der Waals surface area contributed by atoms with Crippen LogP contribution in [0.25, 0.3) is 10.9 Å². The standard InChI is InChI=1S/C27H20F3N11O/c28-27(29,30)20-14-18(7-6-17(20)15-31)36-23-37-25(41-12-10-40(11-13-41)24-32-8-3-9-33-24)39-26(38-23)42-22-19-4-1-2-5-21(19)34-16-35-22/h1-9,14,16H,10-13H2,(H,36,37,38,39). The number of alkyl halides is 3. The molecule has 0 aliphatic carbocycles. The van der Waals surface area contributed by atoms with Crippen molar-refractivity contribution >= 4 is 34.4 Å². The zero-order valence-electron chi connectivity index (χ0n) is 21.7. The fourth-order valence-corrected chi connectivity index (χ4v) is 4.38. The Labute approximate surface area is 236 Å². The molecule has 0 amide bonds. The van der Waals surface area contributed by atoms with Crippen LogP contribution < -0.4 is 19.9 Å². The predicted molar refractivity (Wildman–Crippen MR) is 145 cm³/mol. The van der Waals surface area contributed by atoms with Gasteiger partial charge in [0.2, 0.25) is 23.7 Å². The molecule has 4 heterocycles. The van der Waals surface area contributed by atoms with Gasteiger partial charge in [0, 0.05) is 44.3 Å². The van der Waals surface area contributed by atoms with Crippen molar-refractivity contribution in [2.24, 2.45) is 0 Å². The van der Waals surface area contributed by atoms with Gasteiger partial charge in [-0.15, -0.1) is 0 Å². The van der Waals surface area contributed by atoms with E-state index in [2.05, 4.69) is 40.2 Å². The highest BCUT2D eigenvalue weighted by molar-refractivity contribution is 5.83. The number of benzene rings is 2. The fourth-order valence-electron chi connectivity index (χ4n) is 4.38. The van der Waals surface area contributed by atoms with Crippen molar-refractivity contribution in [3.05, 3.63) is 78.4 Å². The van der Waals surface area contributed by atoms with E-state index in [0.717, 1.165) is 12.1 Å². The summed E-state index contributed by atoms with van der Waals surface area (Å²) in [5.74, 6) is 1.00. The summed E-state index contributed by atoms with van der Waals surface area (Å²) in [6, 6.07) is 13.7. The van der Waals surface area contributed by atoms with Crippen LogP contribution >= 0.6 is 0 Å². The number of nitriles is 1. The largest absolute Gasteiger partial charge is 0.417 e. The summed E-state index contributed by atoms with van der Waals surface area (Å²) >= 11 is 0. The number of fused-ring (bicyclic) bond motifs is 1. The highest BCUT2D eigenvalue weighted by Gasteiger charge is 2.34. The van der Waals surface area contributed by atoms with Gasteiger partial charge in [0.25, 0.3) is 0 Å². The summed E-state index contributed by atoms with van der Waals surface area (Å²) in [6.45, 7) is 2.17. The molecule has 6 rings (SSSR count). The average Bonchev–Trinajstić information content (AvgIpc) is 3.01. The first kappa shape index (κ1) is 26.6. The maximum atomic E-state index is 13.6. The lowest BCUT2D eigenvalue weighted by Gasteiger charge is -2.34. The molecular formula is C27H20F3N11O. The molecule has 0 atom stereocenters. The number of hydrogen-bond donors (Lipinski definition) is 1. The number of nitrogens with one attached hydrogen (secondary N) is 1. The Morgan fingerprint density at radius 2 is 1.57 bits per heavy atom. The van der Waals surface area contributed by atoms with Gasteiger partial charge in [-0.2, -0.15) is 33.4 Å². The van der Waals surface area contributed by atoms with Crippen molar-refractivity contribution in [2.45, 2.75) is 6.18 Å². The number of halogens is 3. The molecule has 1 saturated heterocycles. The molecule has 1 fully saturated rings. The van der Waals surface area contributed by atoms with Gasteiger partial charge in [-0.3, -0.25) is 0 Å². The summed E-state index contributed by atoms with van der Waals surface area (Å²) in [5, 5.41) is 12.6. The molecular weight excluding hydrogens is 551 g/mol. The van der Waals surface area contributed by atoms with Crippen molar-refractivity contribution in [2.75, 3.05) is 41.3 Å². The first-order chi connectivity index (χ1) is 20.4. The van der Waals surface area contributed by atoms with Crippen LogP contribution in [-0.2, 0) is 6.18 Å². The molecule has 1 aliphatic heterocycles. The van der Waals surface area contributed by atoms with E-state index in [4.69, 9.17) is 10.00 Å². The van der Waals surface area contributed by atoms with Gasteiger partial charge in [0.05, 0.1) is 28.1 Å². The molecule has 0 unspecified atom stereocenters. The third-order valence-electron chi connectivity index (χ3n) is 6.40. The highest BCUT2D eigenvalue weighted by Crippen LogP contribution is 2.34. The zero-order valence-corrected chi connectivity index (χ0v) is 21.7. The van der Waals surface area contributed by atoms with E-state index >= 15 is 0 Å². The second-order valence-electron chi connectivity index (χ2n) is 9.06. The third kappa shape index (κ3) is 5.63. The molecule has 0 spiro atoms. The normalized spacial score (nSPS) is 13.6. The smallest absolute Gasteiger partial charge is 0.404 e. The van der Waals surface area contributed by atoms with Crippen molar-refractivity contribution in [1.29, 1.82) is 5.26 Å². The summed E-state index contributed by atoms with van der Waals surface area (Å²) < 4.78 is 46.7. The molecule has 2 aromatic carbocycles. The fraction of sp³-hybridized carbons (Fsp3) is 0.185. The first-order valence-corrected chi connectivity index (χ1v) is 12.7. The molecule has 210 valence electrons. The number of nitrogens with zero attached hydrogens (tertiary/aromatic N) is 10. The van der Waals surface area contributed by atoms with Crippen LogP contribution in [0.2, 0.25) is 0 Å². The monoisotopic (exact) mass is 571 g/mol. The minimum Gasteiger partial charge on any atom is -0.404 e. The lowest BCUT2D eigenvalue weighted by Crippen LogP contribution is -2.47. The number of aromatic nitrogens is 7. The van der Waals surface area contributed by atoms with E-state index < -0.39 is 17.3 Å². The van der Waals surface area contributed by atoms with Crippen molar-refractivity contribution < 1.29 is 17.9 Å². The van der Waals surface area contributed by atoms with Crippen LogP contribution in [0, 0.1) is 11.3 Å². The number of rotatable bonds is 6. The lowest BCUT2D eigenvalue weighted by molar-refractivity contribution is -0.137. The summed E-state index contributed by atoms with van der Waals surface area (Å²) in [6.07, 6.45) is -0.0321. The molecule has 5 aromatic rings. The number of piperazine rings is 1. The zero-order chi connectivity index (χ0) is 29.1. The van der Waals surface area contributed by atoms with Crippen LogP contribution in [0.1, 0.15) is 11.1 Å². The Balaban J connectivity index is 1.33. The number of para-hydroxylation sites is 1. The first-order valence-electron chi connectivity index (χ1n) is 12.7. The van der Waals surface area contributed by atoms with Gasteiger partial charge in [0.15, 0.2) is 0 Å². The van der Waals surface area contributed by atoms with E-state index in [-0.39, 0.29) is 29.5 Å². The van der Waals surface area contributed by atoms with Gasteiger partial charge in [-0.05, 0) is 36.4 Å². The van der Waals surface area contributed by atoms with E-state index in [0.29, 0.717) is 43.0 Å². The predicted octanol–water partition coefficient (Wildman–Crippen LogP) is 4.36. The van der Waals surface area contributed by atoms with Crippen molar-refractivity contribution in [1.82, 2.24) is 34.9 Å². The molecule has 3 aromatic heterocycles. The number of hydrogen-bond acceptors (Lipinski definition) is 12. The Morgan fingerprint density at radius 1 is 0.833 bits per heavy atom. The number of anilines is 4. The molecule has 1 aliphatic rings. The van der Waals surface area contributed by atoms with Crippen LogP contribution in [0.4, 0.5) is 36.7 Å². The van der Waals surface area contributed by atoms with Crippen molar-refractivity contribution in [3.63, 3.8) is 0 Å². The SMILES string of the molecule is N#Cc1ccc(Nc2nc(Oc3ncnc4ccccc34)nc(N3CCN(c4ncccn4)CC3)n2)cc1C(F)(F)F. The van der Waals surface area contributed by atoms with Gasteiger partial charge >= 0.3 is 12.2 Å². The summed E-state index contributed by atoms with van der Waals surface area (Å²) in [4.78, 5) is 34.2. The van der Waals surface area contributed by atoms with Crippen LogP contribution in [0.5, 0.6) is 11.9 Å². The molecule has 15 heteroatoms. The van der Waals surface area contributed by atoms with E-state index in [1.54, 1.807) is 36.7 Å². The maximum Gasteiger partial charge on any atom is 0.417 e. The molecule has 0 saturated carbocycles. The van der Waals surface area contributed by atoms with Gasteiger partial charge < -0.3 is 19.9 Å². The second-order valence-corrected chi connectivity index (χ2v) is 9.06. The second kappa shape index (κ2) is 11.1. The van der Waals surface area contributed by atoms with Crippen LogP contribution in [-0.4, -0.2) is 61.1 Å². The molecule has 42 heavy (non-hydrogen) atoms. The molecule has 0 radical (unpaired) electrons. The maximum absolute atomic E-state index is 13.6. The van der Waals surface area contributed by atoms with Gasteiger partial charge in [0.1, 0.15) is 6.33 Å². The Kier molecular flexibility index (Phi) is 7.01. The average molecular weight is 572 g/mol. The van der Waals surface area contributed by atoms with E-state index in [1.165, 1.54) is 12.4 Å². The van der Waals surface area contributed by atoms with E-state index in [9.17, 15) is 13.2 Å². The van der Waals surface area contributed by atoms with Gasteiger partial charge in [-0.1, -0.05) is 12.1 Å². The van der Waals surface area contributed by atoms with Crippen molar-refractivity contribution in [3.8, 4) is 18.0 Å².